The number of hydrogen-bond donors (Lipinski definition) is 0. The van der Waals surface area contributed by atoms with Gasteiger partial charge in [0, 0.05) is 39.0 Å². The molecule has 2 aromatic carbocycles. The van der Waals surface area contributed by atoms with E-state index < -0.39 is 14.8 Å². The second kappa shape index (κ2) is 7.61. The van der Waals surface area contributed by atoms with Crippen LogP contribution in [0, 0.1) is 15.9 Å². The average Bonchev–Trinajstić information content (AvgIpc) is 2.61. The third-order valence-electron chi connectivity index (χ3n) is 4.57. The molecular weight excluding hydrogens is 373 g/mol. The average molecular weight is 393 g/mol. The van der Waals surface area contributed by atoms with Crippen LogP contribution in [-0.4, -0.2) is 50.7 Å². The van der Waals surface area contributed by atoms with E-state index in [0.717, 1.165) is 11.8 Å². The summed E-state index contributed by atoms with van der Waals surface area (Å²) in [5.74, 6) is -0.278. The molecule has 0 atom stereocenters. The van der Waals surface area contributed by atoms with Crippen molar-refractivity contribution in [3.05, 3.63) is 64.0 Å². The highest BCUT2D eigenvalue weighted by Gasteiger charge is 2.30. The van der Waals surface area contributed by atoms with Crippen molar-refractivity contribution in [3.63, 3.8) is 0 Å². The molecule has 0 bridgehead atoms. The van der Waals surface area contributed by atoms with Gasteiger partial charge in [-0.25, -0.2) is 12.8 Å². The van der Waals surface area contributed by atoms with Crippen LogP contribution in [0.5, 0.6) is 0 Å². The van der Waals surface area contributed by atoms with E-state index >= 15 is 0 Å². The number of sulfone groups is 1. The summed E-state index contributed by atoms with van der Waals surface area (Å²) in [6.07, 6.45) is 0.968. The van der Waals surface area contributed by atoms with Gasteiger partial charge < -0.3 is 4.90 Å². The van der Waals surface area contributed by atoms with E-state index in [1.807, 2.05) is 11.0 Å². The van der Waals surface area contributed by atoms with Gasteiger partial charge in [0.15, 0.2) is 9.84 Å². The van der Waals surface area contributed by atoms with Crippen LogP contribution in [0.15, 0.2) is 47.4 Å². The van der Waals surface area contributed by atoms with Crippen molar-refractivity contribution >= 4 is 21.2 Å². The Kier molecular flexibility index (Phi) is 5.43. The fourth-order valence-corrected chi connectivity index (χ4v) is 4.15. The molecule has 9 heteroatoms. The Hall–Kier alpha value is -2.52. The molecule has 0 saturated carbocycles. The third-order valence-corrected chi connectivity index (χ3v) is 5.70. The van der Waals surface area contributed by atoms with Gasteiger partial charge in [-0.05, 0) is 29.8 Å². The molecular formula is C18H20FN3O4S. The normalized spacial score (nSPS) is 15.7. The van der Waals surface area contributed by atoms with Gasteiger partial charge in [0.2, 0.25) is 0 Å². The summed E-state index contributed by atoms with van der Waals surface area (Å²) >= 11 is 0. The van der Waals surface area contributed by atoms with Crippen LogP contribution in [0.2, 0.25) is 0 Å². The van der Waals surface area contributed by atoms with Gasteiger partial charge >= 0.3 is 5.69 Å². The Morgan fingerprint density at radius 1 is 1.11 bits per heavy atom. The van der Waals surface area contributed by atoms with Crippen LogP contribution in [0.1, 0.15) is 5.56 Å². The Balaban J connectivity index is 1.77. The minimum Gasteiger partial charge on any atom is -0.363 e. The molecule has 0 spiro atoms. The highest BCUT2D eigenvalue weighted by molar-refractivity contribution is 7.90. The number of para-hydroxylation sites is 1. The zero-order chi connectivity index (χ0) is 19.6. The lowest BCUT2D eigenvalue weighted by atomic mass is 10.1. The number of anilines is 1. The molecule has 1 saturated heterocycles. The number of piperazine rings is 1. The molecule has 144 valence electrons. The van der Waals surface area contributed by atoms with E-state index in [9.17, 15) is 22.9 Å². The van der Waals surface area contributed by atoms with Crippen molar-refractivity contribution < 1.29 is 17.7 Å². The molecule has 1 fully saturated rings. The summed E-state index contributed by atoms with van der Waals surface area (Å²) in [6.45, 7) is 2.90. The number of benzene rings is 2. The molecule has 1 aliphatic rings. The first-order valence-corrected chi connectivity index (χ1v) is 10.3. The fraction of sp³-hybridized carbons (Fsp3) is 0.333. The van der Waals surface area contributed by atoms with E-state index in [4.69, 9.17) is 0 Å². The number of nitrogens with zero attached hydrogens (tertiary/aromatic N) is 3. The lowest BCUT2D eigenvalue weighted by Crippen LogP contribution is -2.46. The van der Waals surface area contributed by atoms with Crippen molar-refractivity contribution in [3.8, 4) is 0 Å². The molecule has 0 aromatic heterocycles. The van der Waals surface area contributed by atoms with Crippen LogP contribution in [-0.2, 0) is 16.4 Å². The summed E-state index contributed by atoms with van der Waals surface area (Å²) in [6, 6.07) is 10.8. The molecule has 0 aliphatic carbocycles. The smallest absolute Gasteiger partial charge is 0.311 e. The Morgan fingerprint density at radius 3 is 2.37 bits per heavy atom. The lowest BCUT2D eigenvalue weighted by molar-refractivity contribution is -0.387. The molecule has 0 unspecified atom stereocenters. The Bertz CT molecular complexity index is 957. The Morgan fingerprint density at radius 2 is 1.78 bits per heavy atom. The molecule has 1 aliphatic heterocycles. The summed E-state index contributed by atoms with van der Waals surface area (Å²) in [5.41, 5.74) is 0.806. The van der Waals surface area contributed by atoms with Crippen molar-refractivity contribution in [2.45, 2.75) is 11.4 Å². The van der Waals surface area contributed by atoms with Gasteiger partial charge in [0.05, 0.1) is 4.92 Å². The first kappa shape index (κ1) is 19.2. The fourth-order valence-electron chi connectivity index (χ4n) is 3.29. The topological polar surface area (TPSA) is 83.8 Å². The molecule has 7 nitrogen and oxygen atoms in total. The zero-order valence-electron chi connectivity index (χ0n) is 14.8. The minimum atomic E-state index is -3.71. The molecule has 0 radical (unpaired) electrons. The van der Waals surface area contributed by atoms with Crippen LogP contribution in [0.4, 0.5) is 15.8 Å². The van der Waals surface area contributed by atoms with Crippen LogP contribution in [0.25, 0.3) is 0 Å². The highest BCUT2D eigenvalue weighted by Crippen LogP contribution is 2.35. The van der Waals surface area contributed by atoms with Gasteiger partial charge in [0.25, 0.3) is 0 Å². The van der Waals surface area contributed by atoms with Gasteiger partial charge in [-0.2, -0.15) is 0 Å². The SMILES string of the molecule is CS(=O)(=O)c1cccc(N2CCN(Cc3cccc(F)c3)CC2)c1[N+](=O)[O-]. The van der Waals surface area contributed by atoms with E-state index in [1.54, 1.807) is 12.1 Å². The predicted molar refractivity (Wildman–Crippen MR) is 100 cm³/mol. The third kappa shape index (κ3) is 4.42. The number of rotatable bonds is 5. The Labute approximate surface area is 157 Å². The standard InChI is InChI=1S/C18H20FN3O4S/c1-27(25,26)17-7-3-6-16(18(17)22(23)24)21-10-8-20(9-11-21)13-14-4-2-5-15(19)12-14/h2-7,12H,8-11,13H2,1H3. The van der Waals surface area contributed by atoms with Gasteiger partial charge in [0.1, 0.15) is 16.4 Å². The maximum atomic E-state index is 13.3. The first-order valence-electron chi connectivity index (χ1n) is 8.45. The maximum Gasteiger partial charge on any atom is 0.311 e. The van der Waals surface area contributed by atoms with E-state index in [-0.39, 0.29) is 16.4 Å². The van der Waals surface area contributed by atoms with Gasteiger partial charge in [-0.3, -0.25) is 15.0 Å². The van der Waals surface area contributed by atoms with Crippen molar-refractivity contribution in [1.29, 1.82) is 0 Å². The van der Waals surface area contributed by atoms with Crippen molar-refractivity contribution in [2.24, 2.45) is 0 Å². The minimum absolute atomic E-state index is 0.271. The van der Waals surface area contributed by atoms with Crippen LogP contribution in [0.3, 0.4) is 0 Å². The maximum absolute atomic E-state index is 13.3. The monoisotopic (exact) mass is 393 g/mol. The second-order valence-corrected chi connectivity index (χ2v) is 8.53. The van der Waals surface area contributed by atoms with Crippen LogP contribution < -0.4 is 4.90 Å². The lowest BCUT2D eigenvalue weighted by Gasteiger charge is -2.36. The van der Waals surface area contributed by atoms with E-state index in [1.165, 1.54) is 24.3 Å². The zero-order valence-corrected chi connectivity index (χ0v) is 15.7. The summed E-state index contributed by atoms with van der Waals surface area (Å²) in [4.78, 5) is 14.6. The van der Waals surface area contributed by atoms with Gasteiger partial charge in [-0.1, -0.05) is 18.2 Å². The van der Waals surface area contributed by atoms with Crippen LogP contribution >= 0.6 is 0 Å². The first-order chi connectivity index (χ1) is 12.8. The molecule has 27 heavy (non-hydrogen) atoms. The number of hydrogen-bond acceptors (Lipinski definition) is 6. The molecule has 3 rings (SSSR count). The van der Waals surface area contributed by atoms with Crippen molar-refractivity contribution in [2.75, 3.05) is 37.3 Å². The molecule has 1 heterocycles. The number of nitro benzene ring substituents is 1. The highest BCUT2D eigenvalue weighted by atomic mass is 32.2. The summed E-state index contributed by atoms with van der Waals surface area (Å²) in [7, 11) is -3.71. The number of halogens is 1. The largest absolute Gasteiger partial charge is 0.363 e. The second-order valence-electron chi connectivity index (χ2n) is 6.55. The number of nitro groups is 1. The van der Waals surface area contributed by atoms with E-state index in [0.29, 0.717) is 38.4 Å². The predicted octanol–water partition coefficient (Wildman–Crippen LogP) is 2.46. The molecule has 0 amide bonds. The van der Waals surface area contributed by atoms with Crippen molar-refractivity contribution in [1.82, 2.24) is 4.90 Å². The van der Waals surface area contributed by atoms with Gasteiger partial charge in [-0.15, -0.1) is 0 Å². The summed E-state index contributed by atoms with van der Waals surface area (Å²) < 4.78 is 37.1. The summed E-state index contributed by atoms with van der Waals surface area (Å²) in [5, 5.41) is 11.5. The molecule has 2 aromatic rings. The van der Waals surface area contributed by atoms with E-state index in [2.05, 4.69) is 4.90 Å². The quantitative estimate of drug-likeness (QED) is 0.573. The molecule has 0 N–H and O–H groups in total.